The lowest BCUT2D eigenvalue weighted by Gasteiger charge is -2.29. The zero-order valence-corrected chi connectivity index (χ0v) is 11.9. The van der Waals surface area contributed by atoms with E-state index in [1.54, 1.807) is 0 Å². The Bertz CT molecular complexity index is 402. The Balaban J connectivity index is 2.07. The fourth-order valence-corrected chi connectivity index (χ4v) is 3.64. The van der Waals surface area contributed by atoms with Gasteiger partial charge in [0.1, 0.15) is 0 Å². The number of amides is 1. The number of esters is 1. The lowest BCUT2D eigenvalue weighted by Crippen LogP contribution is -2.47. The molecule has 1 amide bonds. The highest BCUT2D eigenvalue weighted by Crippen LogP contribution is 2.48. The van der Waals surface area contributed by atoms with E-state index < -0.39 is 0 Å². The van der Waals surface area contributed by atoms with Crippen molar-refractivity contribution >= 4 is 11.9 Å². The van der Waals surface area contributed by atoms with E-state index in [0.717, 1.165) is 31.3 Å². The van der Waals surface area contributed by atoms with Crippen LogP contribution in [0.25, 0.3) is 0 Å². The van der Waals surface area contributed by atoms with Gasteiger partial charge in [-0.3, -0.25) is 9.59 Å². The van der Waals surface area contributed by atoms with Crippen LogP contribution in [0.1, 0.15) is 39.5 Å². The maximum atomic E-state index is 12.1. The Morgan fingerprint density at radius 3 is 2.63 bits per heavy atom. The van der Waals surface area contributed by atoms with Gasteiger partial charge in [-0.25, -0.2) is 0 Å². The molecule has 0 aromatic carbocycles. The van der Waals surface area contributed by atoms with Crippen LogP contribution >= 0.6 is 0 Å². The second kappa shape index (κ2) is 5.76. The molecule has 2 saturated carbocycles. The summed E-state index contributed by atoms with van der Waals surface area (Å²) >= 11 is 0. The minimum atomic E-state index is -0.172. The van der Waals surface area contributed by atoms with Crippen LogP contribution in [0.4, 0.5) is 0 Å². The Morgan fingerprint density at radius 1 is 1.32 bits per heavy atom. The summed E-state index contributed by atoms with van der Waals surface area (Å²) in [7, 11) is 1.43. The first-order valence-electron chi connectivity index (χ1n) is 7.13. The first-order valence-corrected chi connectivity index (χ1v) is 7.13. The fraction of sp³-hybridized carbons (Fsp3) is 0.733. The molecule has 19 heavy (non-hydrogen) atoms. The molecule has 1 N–H and O–H groups in total. The molecule has 2 fully saturated rings. The van der Waals surface area contributed by atoms with E-state index in [1.807, 2.05) is 19.9 Å². The summed E-state index contributed by atoms with van der Waals surface area (Å²) in [5.74, 6) is 0.454. The molecular formula is C15H23NO3. The van der Waals surface area contributed by atoms with E-state index in [2.05, 4.69) is 5.32 Å². The van der Waals surface area contributed by atoms with Crippen molar-refractivity contribution in [1.29, 1.82) is 0 Å². The van der Waals surface area contributed by atoms with Crippen molar-refractivity contribution in [2.24, 2.45) is 17.8 Å². The molecule has 0 radical (unpaired) electrons. The number of allylic oxidation sites excluding steroid dienone is 1. The highest BCUT2D eigenvalue weighted by molar-refractivity contribution is 5.93. The molecule has 2 aliphatic rings. The molecule has 106 valence electrons. The Hall–Kier alpha value is -1.32. The SMILES string of the molecule is CC/C=C(\C)C(=O)N[C@H]1[C@H]2CC[C@@H](C2)[C@@H]1C(=O)OC. The van der Waals surface area contributed by atoms with Gasteiger partial charge >= 0.3 is 5.97 Å². The summed E-state index contributed by atoms with van der Waals surface area (Å²) < 4.78 is 4.90. The van der Waals surface area contributed by atoms with E-state index >= 15 is 0 Å². The molecule has 4 heteroatoms. The van der Waals surface area contributed by atoms with Gasteiger partial charge in [0.2, 0.25) is 5.91 Å². The van der Waals surface area contributed by atoms with E-state index in [1.165, 1.54) is 7.11 Å². The molecule has 0 aromatic heterocycles. The molecule has 0 aliphatic heterocycles. The summed E-state index contributed by atoms with van der Waals surface area (Å²) in [4.78, 5) is 24.0. The summed E-state index contributed by atoms with van der Waals surface area (Å²) in [6.45, 7) is 3.82. The molecule has 4 atom stereocenters. The molecule has 4 nitrogen and oxygen atoms in total. The predicted molar refractivity (Wildman–Crippen MR) is 72.3 cm³/mol. The monoisotopic (exact) mass is 265 g/mol. The molecule has 0 aromatic rings. The third-order valence-corrected chi connectivity index (χ3v) is 4.56. The quantitative estimate of drug-likeness (QED) is 0.625. The van der Waals surface area contributed by atoms with Crippen molar-refractivity contribution in [2.75, 3.05) is 7.11 Å². The van der Waals surface area contributed by atoms with E-state index in [-0.39, 0.29) is 23.8 Å². The van der Waals surface area contributed by atoms with Gasteiger partial charge in [0.15, 0.2) is 0 Å². The van der Waals surface area contributed by atoms with Gasteiger partial charge in [-0.15, -0.1) is 0 Å². The summed E-state index contributed by atoms with van der Waals surface area (Å²) in [5.41, 5.74) is 0.730. The second-order valence-corrected chi connectivity index (χ2v) is 5.68. The van der Waals surface area contributed by atoms with Crippen molar-refractivity contribution in [3.8, 4) is 0 Å². The van der Waals surface area contributed by atoms with Crippen LogP contribution in [0, 0.1) is 17.8 Å². The number of nitrogens with one attached hydrogen (secondary N) is 1. The van der Waals surface area contributed by atoms with Crippen LogP contribution in [0.5, 0.6) is 0 Å². The van der Waals surface area contributed by atoms with Gasteiger partial charge in [0.05, 0.1) is 13.0 Å². The van der Waals surface area contributed by atoms with Gasteiger partial charge in [-0.05, 0) is 44.4 Å². The Labute approximate surface area is 114 Å². The van der Waals surface area contributed by atoms with Gasteiger partial charge < -0.3 is 10.1 Å². The van der Waals surface area contributed by atoms with Gasteiger partial charge in [-0.2, -0.15) is 0 Å². The van der Waals surface area contributed by atoms with Crippen LogP contribution in [0.15, 0.2) is 11.6 Å². The Kier molecular flexibility index (Phi) is 4.27. The molecule has 0 spiro atoms. The minimum Gasteiger partial charge on any atom is -0.469 e. The highest BCUT2D eigenvalue weighted by atomic mass is 16.5. The van der Waals surface area contributed by atoms with Crippen LogP contribution in [-0.4, -0.2) is 25.0 Å². The van der Waals surface area contributed by atoms with E-state index in [4.69, 9.17) is 4.74 Å². The van der Waals surface area contributed by atoms with Gasteiger partial charge in [0, 0.05) is 11.6 Å². The second-order valence-electron chi connectivity index (χ2n) is 5.68. The predicted octanol–water partition coefficient (Wildman–Crippen LogP) is 2.05. The standard InChI is InChI=1S/C15H23NO3/c1-4-5-9(2)14(17)16-13-11-7-6-10(8-11)12(13)15(18)19-3/h5,10-13H,4,6-8H2,1-3H3,(H,16,17)/b9-5+/t10-,11-,12-,13-/m0/s1. The first kappa shape index (κ1) is 14.1. The maximum Gasteiger partial charge on any atom is 0.311 e. The summed E-state index contributed by atoms with van der Waals surface area (Å²) in [6, 6.07) is -0.0427. The van der Waals surface area contributed by atoms with Crippen LogP contribution in [0.2, 0.25) is 0 Å². The normalized spacial score (nSPS) is 33.3. The molecule has 0 unspecified atom stereocenters. The average molecular weight is 265 g/mol. The Morgan fingerprint density at radius 2 is 2.00 bits per heavy atom. The lowest BCUT2D eigenvalue weighted by molar-refractivity contribution is -0.148. The van der Waals surface area contributed by atoms with Crippen molar-refractivity contribution in [3.05, 3.63) is 11.6 Å². The van der Waals surface area contributed by atoms with Crippen molar-refractivity contribution < 1.29 is 14.3 Å². The first-order chi connectivity index (χ1) is 9.08. The molecule has 2 rings (SSSR count). The van der Waals surface area contributed by atoms with E-state index in [9.17, 15) is 9.59 Å². The number of hydrogen-bond acceptors (Lipinski definition) is 3. The van der Waals surface area contributed by atoms with Crippen LogP contribution in [-0.2, 0) is 14.3 Å². The highest BCUT2D eigenvalue weighted by Gasteiger charge is 2.51. The number of fused-ring (bicyclic) bond motifs is 2. The fourth-order valence-electron chi connectivity index (χ4n) is 3.64. The number of ether oxygens (including phenoxy) is 1. The smallest absolute Gasteiger partial charge is 0.311 e. The zero-order chi connectivity index (χ0) is 14.0. The maximum absolute atomic E-state index is 12.1. The molecular weight excluding hydrogens is 242 g/mol. The summed E-state index contributed by atoms with van der Waals surface area (Å²) in [6.07, 6.45) is 5.99. The van der Waals surface area contributed by atoms with Gasteiger partial charge in [0.25, 0.3) is 0 Å². The van der Waals surface area contributed by atoms with Gasteiger partial charge in [-0.1, -0.05) is 13.0 Å². The molecule has 2 aliphatic carbocycles. The molecule has 0 saturated heterocycles. The number of carbonyl (C=O) groups excluding carboxylic acids is 2. The van der Waals surface area contributed by atoms with Crippen molar-refractivity contribution in [2.45, 2.75) is 45.6 Å². The zero-order valence-electron chi connectivity index (χ0n) is 11.9. The number of methoxy groups -OCH3 is 1. The number of rotatable bonds is 4. The molecule has 2 bridgehead atoms. The lowest BCUT2D eigenvalue weighted by atomic mass is 9.84. The topological polar surface area (TPSA) is 55.4 Å². The van der Waals surface area contributed by atoms with Crippen LogP contribution in [0.3, 0.4) is 0 Å². The number of hydrogen-bond donors (Lipinski definition) is 1. The number of carbonyl (C=O) groups is 2. The molecule has 0 heterocycles. The van der Waals surface area contributed by atoms with E-state index in [0.29, 0.717) is 11.8 Å². The summed E-state index contributed by atoms with van der Waals surface area (Å²) in [5, 5.41) is 3.05. The third kappa shape index (κ3) is 2.67. The van der Waals surface area contributed by atoms with Crippen molar-refractivity contribution in [1.82, 2.24) is 5.32 Å². The third-order valence-electron chi connectivity index (χ3n) is 4.56. The largest absolute Gasteiger partial charge is 0.469 e. The van der Waals surface area contributed by atoms with Crippen molar-refractivity contribution in [3.63, 3.8) is 0 Å². The van der Waals surface area contributed by atoms with Crippen LogP contribution < -0.4 is 5.32 Å². The average Bonchev–Trinajstić information content (AvgIpc) is 2.99. The minimum absolute atomic E-state index is 0.0427.